The Bertz CT molecular complexity index is 744. The van der Waals surface area contributed by atoms with E-state index >= 15 is 0 Å². The molecule has 0 atom stereocenters. The molecule has 21 heavy (non-hydrogen) atoms. The van der Waals surface area contributed by atoms with Crippen molar-refractivity contribution >= 4 is 10.0 Å². The van der Waals surface area contributed by atoms with E-state index in [1.54, 1.807) is 7.05 Å². The molecule has 0 bridgehead atoms. The van der Waals surface area contributed by atoms with Crippen LogP contribution in [0.1, 0.15) is 22.5 Å². The maximum absolute atomic E-state index is 12.8. The summed E-state index contributed by atoms with van der Waals surface area (Å²) >= 11 is 0. The number of rotatable bonds is 4. The van der Waals surface area contributed by atoms with Crippen LogP contribution in [0.15, 0.2) is 17.0 Å². The monoisotopic (exact) mass is 309 g/mol. The SMILES string of the molecule is Cc1cc(C)c(S(=O)(=O)N(C)Cc2nnnn2C)c(C)c1. The van der Waals surface area contributed by atoms with Crippen molar-refractivity contribution < 1.29 is 8.42 Å². The highest BCUT2D eigenvalue weighted by atomic mass is 32.2. The number of benzene rings is 1. The van der Waals surface area contributed by atoms with Gasteiger partial charge in [0, 0.05) is 14.1 Å². The van der Waals surface area contributed by atoms with Gasteiger partial charge in [-0.3, -0.25) is 0 Å². The van der Waals surface area contributed by atoms with Gasteiger partial charge in [0.05, 0.1) is 11.4 Å². The topological polar surface area (TPSA) is 81.0 Å². The van der Waals surface area contributed by atoms with Crippen LogP contribution in [0.2, 0.25) is 0 Å². The lowest BCUT2D eigenvalue weighted by molar-refractivity contribution is 0.446. The number of hydrogen-bond donors (Lipinski definition) is 0. The fraction of sp³-hybridized carbons (Fsp3) is 0.462. The summed E-state index contributed by atoms with van der Waals surface area (Å²) in [6.07, 6.45) is 0. The molecule has 1 aromatic heterocycles. The fourth-order valence-electron chi connectivity index (χ4n) is 2.40. The average molecular weight is 309 g/mol. The summed E-state index contributed by atoms with van der Waals surface area (Å²) in [5.41, 5.74) is 2.54. The summed E-state index contributed by atoms with van der Waals surface area (Å²) < 4.78 is 28.3. The van der Waals surface area contributed by atoms with Gasteiger partial charge in [0.25, 0.3) is 0 Å². The van der Waals surface area contributed by atoms with Gasteiger partial charge in [0.15, 0.2) is 5.82 Å². The first kappa shape index (κ1) is 15.6. The van der Waals surface area contributed by atoms with Crippen LogP contribution in [-0.2, 0) is 23.6 Å². The summed E-state index contributed by atoms with van der Waals surface area (Å²) in [5.74, 6) is 0.489. The summed E-state index contributed by atoms with van der Waals surface area (Å²) in [6.45, 7) is 5.69. The molecule has 0 N–H and O–H groups in total. The Labute approximate surface area is 124 Å². The lowest BCUT2D eigenvalue weighted by atomic mass is 10.1. The predicted octanol–water partition coefficient (Wildman–Crippen LogP) is 0.956. The zero-order valence-electron chi connectivity index (χ0n) is 12.8. The smallest absolute Gasteiger partial charge is 0.231 e. The number of tetrazole rings is 1. The second kappa shape index (κ2) is 5.53. The molecule has 2 aromatic rings. The number of hydrogen-bond acceptors (Lipinski definition) is 5. The molecular formula is C13H19N5O2S. The zero-order valence-corrected chi connectivity index (χ0v) is 13.6. The Morgan fingerprint density at radius 1 is 1.19 bits per heavy atom. The van der Waals surface area contributed by atoms with Crippen molar-refractivity contribution in [2.45, 2.75) is 32.2 Å². The standard InChI is InChI=1S/C13H19N5O2S/c1-9-6-10(2)13(11(3)7-9)21(19,20)17(4)8-12-14-15-16-18(12)5/h6-7H,8H2,1-5H3. The molecular weight excluding hydrogens is 290 g/mol. The van der Waals surface area contributed by atoms with Gasteiger partial charge < -0.3 is 0 Å². The van der Waals surface area contributed by atoms with Crippen LogP contribution < -0.4 is 0 Å². The lowest BCUT2D eigenvalue weighted by Crippen LogP contribution is -2.29. The van der Waals surface area contributed by atoms with Gasteiger partial charge in [-0.05, 0) is 42.3 Å². The molecule has 7 nitrogen and oxygen atoms in total. The van der Waals surface area contributed by atoms with Crippen molar-refractivity contribution in [3.63, 3.8) is 0 Å². The van der Waals surface area contributed by atoms with Crippen molar-refractivity contribution in [1.82, 2.24) is 24.5 Å². The van der Waals surface area contributed by atoms with E-state index in [1.807, 2.05) is 32.9 Å². The number of sulfonamides is 1. The van der Waals surface area contributed by atoms with Crippen LogP contribution >= 0.6 is 0 Å². The van der Waals surface area contributed by atoms with Crippen LogP contribution in [0.4, 0.5) is 0 Å². The van der Waals surface area contributed by atoms with E-state index in [0.29, 0.717) is 10.7 Å². The van der Waals surface area contributed by atoms with Crippen molar-refractivity contribution in [3.05, 3.63) is 34.6 Å². The summed E-state index contributed by atoms with van der Waals surface area (Å²) in [6, 6.07) is 3.75. The van der Waals surface area contributed by atoms with Crippen molar-refractivity contribution in [1.29, 1.82) is 0 Å². The largest absolute Gasteiger partial charge is 0.243 e. The molecule has 114 valence electrons. The van der Waals surface area contributed by atoms with Gasteiger partial charge >= 0.3 is 0 Å². The molecule has 0 aliphatic rings. The molecule has 8 heteroatoms. The molecule has 1 heterocycles. The molecule has 0 aliphatic carbocycles. The Balaban J connectivity index is 2.40. The second-order valence-electron chi connectivity index (χ2n) is 5.21. The maximum Gasteiger partial charge on any atom is 0.243 e. The van der Waals surface area contributed by atoms with E-state index in [2.05, 4.69) is 15.5 Å². The normalized spacial score (nSPS) is 12.1. The molecule has 0 amide bonds. The highest BCUT2D eigenvalue weighted by Gasteiger charge is 2.26. The van der Waals surface area contributed by atoms with E-state index < -0.39 is 10.0 Å². The van der Waals surface area contributed by atoms with Crippen LogP contribution in [0.25, 0.3) is 0 Å². The highest BCUT2D eigenvalue weighted by Crippen LogP contribution is 2.25. The summed E-state index contributed by atoms with van der Waals surface area (Å²) in [7, 11) is -0.376. The quantitative estimate of drug-likeness (QED) is 0.840. The Hall–Kier alpha value is -1.80. The first-order chi connectivity index (χ1) is 9.73. The van der Waals surface area contributed by atoms with Gasteiger partial charge in [-0.1, -0.05) is 17.7 Å². The van der Waals surface area contributed by atoms with Crippen LogP contribution in [0.3, 0.4) is 0 Å². The minimum absolute atomic E-state index is 0.124. The van der Waals surface area contributed by atoms with Gasteiger partial charge in [-0.25, -0.2) is 13.1 Å². The van der Waals surface area contributed by atoms with E-state index in [-0.39, 0.29) is 6.54 Å². The minimum atomic E-state index is -3.59. The third-order valence-electron chi connectivity index (χ3n) is 3.34. The maximum atomic E-state index is 12.8. The summed E-state index contributed by atoms with van der Waals surface area (Å²) in [5, 5.41) is 11.0. The van der Waals surface area contributed by atoms with E-state index in [0.717, 1.165) is 16.7 Å². The number of nitrogens with zero attached hydrogens (tertiary/aromatic N) is 5. The molecule has 0 aliphatic heterocycles. The Morgan fingerprint density at radius 2 is 1.76 bits per heavy atom. The molecule has 0 saturated carbocycles. The number of aryl methyl sites for hydroxylation is 4. The highest BCUT2D eigenvalue weighted by molar-refractivity contribution is 7.89. The zero-order chi connectivity index (χ0) is 15.8. The average Bonchev–Trinajstić information content (AvgIpc) is 2.73. The number of aromatic nitrogens is 4. The van der Waals surface area contributed by atoms with Gasteiger partial charge in [-0.15, -0.1) is 5.10 Å². The van der Waals surface area contributed by atoms with Gasteiger partial charge in [0.1, 0.15) is 0 Å². The first-order valence-electron chi connectivity index (χ1n) is 6.49. The molecule has 0 unspecified atom stereocenters. The molecule has 0 radical (unpaired) electrons. The van der Waals surface area contributed by atoms with Crippen LogP contribution in [-0.4, -0.2) is 40.0 Å². The molecule has 0 spiro atoms. The minimum Gasteiger partial charge on any atom is -0.231 e. The van der Waals surface area contributed by atoms with Crippen molar-refractivity contribution in [2.75, 3.05) is 7.05 Å². The van der Waals surface area contributed by atoms with E-state index in [4.69, 9.17) is 0 Å². The fourth-order valence-corrected chi connectivity index (χ4v) is 3.92. The van der Waals surface area contributed by atoms with Gasteiger partial charge in [0.2, 0.25) is 10.0 Å². The van der Waals surface area contributed by atoms with E-state index in [1.165, 1.54) is 16.0 Å². The molecule has 2 rings (SSSR count). The van der Waals surface area contributed by atoms with E-state index in [9.17, 15) is 8.42 Å². The molecule has 1 aromatic carbocycles. The van der Waals surface area contributed by atoms with Crippen LogP contribution in [0.5, 0.6) is 0 Å². The molecule has 0 saturated heterocycles. The third kappa shape index (κ3) is 2.96. The van der Waals surface area contributed by atoms with Crippen molar-refractivity contribution in [2.24, 2.45) is 7.05 Å². The Morgan fingerprint density at radius 3 is 2.24 bits per heavy atom. The van der Waals surface area contributed by atoms with Crippen LogP contribution in [0, 0.1) is 20.8 Å². The first-order valence-corrected chi connectivity index (χ1v) is 7.93. The third-order valence-corrected chi connectivity index (χ3v) is 5.45. The predicted molar refractivity (Wildman–Crippen MR) is 78.1 cm³/mol. The van der Waals surface area contributed by atoms with Gasteiger partial charge in [-0.2, -0.15) is 4.31 Å². The molecule has 0 fully saturated rings. The summed E-state index contributed by atoms with van der Waals surface area (Å²) in [4.78, 5) is 0.353. The lowest BCUT2D eigenvalue weighted by Gasteiger charge is -2.19. The Kier molecular flexibility index (Phi) is 4.11. The van der Waals surface area contributed by atoms with Crippen molar-refractivity contribution in [3.8, 4) is 0 Å². The second-order valence-corrected chi connectivity index (χ2v) is 7.19.